The fourth-order valence-corrected chi connectivity index (χ4v) is 7.87. The number of likely N-dealkylation sites (tertiary alicyclic amines) is 2. The van der Waals surface area contributed by atoms with Gasteiger partial charge in [-0.3, -0.25) is 19.2 Å². The van der Waals surface area contributed by atoms with Crippen LogP contribution in [0.1, 0.15) is 119 Å². The maximum atomic E-state index is 13.6. The van der Waals surface area contributed by atoms with E-state index in [-0.39, 0.29) is 35.0 Å². The topological polar surface area (TPSA) is 173 Å². The van der Waals surface area contributed by atoms with E-state index >= 15 is 0 Å². The summed E-state index contributed by atoms with van der Waals surface area (Å²) in [6.07, 6.45) is 9.38. The van der Waals surface area contributed by atoms with Crippen molar-refractivity contribution in [2.75, 3.05) is 24.1 Å². The number of carbonyl (C=O) groups is 4. The van der Waals surface area contributed by atoms with Crippen LogP contribution < -0.4 is 11.1 Å². The Balaban J connectivity index is 0.000000189. The maximum absolute atomic E-state index is 13.6. The summed E-state index contributed by atoms with van der Waals surface area (Å²) in [7, 11) is 0. The molecule has 17 heteroatoms. The van der Waals surface area contributed by atoms with Crippen LogP contribution in [-0.4, -0.2) is 75.0 Å². The monoisotopic (exact) mass is 886 g/mol. The second-order valence-corrected chi connectivity index (χ2v) is 16.7. The molecular weight excluding hydrogens is 839 g/mol. The lowest BCUT2D eigenvalue weighted by Gasteiger charge is -2.35. The minimum atomic E-state index is -0.361. The third kappa shape index (κ3) is 10.7. The minimum absolute atomic E-state index is 0.0415. The van der Waals surface area contributed by atoms with E-state index in [0.29, 0.717) is 57.2 Å². The summed E-state index contributed by atoms with van der Waals surface area (Å²) in [5.41, 5.74) is 14.8. The summed E-state index contributed by atoms with van der Waals surface area (Å²) >= 11 is 16.9. The van der Waals surface area contributed by atoms with Gasteiger partial charge in [-0.2, -0.15) is 10.2 Å². The number of aromatic nitrogens is 6. The highest BCUT2D eigenvalue weighted by molar-refractivity contribution is 6.62. The smallest absolute Gasteiger partial charge is 0.256 e. The number of benzene rings is 2. The number of nitrogens with zero attached hydrogens (tertiary/aromatic N) is 8. The maximum Gasteiger partial charge on any atom is 0.256 e. The molecule has 4 aromatic heterocycles. The third-order valence-corrected chi connectivity index (χ3v) is 11.3. The van der Waals surface area contributed by atoms with E-state index in [9.17, 15) is 19.2 Å². The molecule has 6 heterocycles. The molecule has 0 radical (unpaired) electrons. The molecule has 3 amide bonds. The van der Waals surface area contributed by atoms with Gasteiger partial charge in [-0.1, -0.05) is 46.5 Å². The molecule has 2 atom stereocenters. The molecule has 0 saturated carbocycles. The first-order valence-corrected chi connectivity index (χ1v) is 21.2. The van der Waals surface area contributed by atoms with Gasteiger partial charge in [0, 0.05) is 68.3 Å². The van der Waals surface area contributed by atoms with Gasteiger partial charge in [0.25, 0.3) is 11.8 Å². The predicted molar refractivity (Wildman–Crippen MR) is 238 cm³/mol. The second-order valence-electron chi connectivity index (χ2n) is 15.5. The van der Waals surface area contributed by atoms with Crippen LogP contribution in [0.2, 0.25) is 10.3 Å². The van der Waals surface area contributed by atoms with Gasteiger partial charge in [0.2, 0.25) is 11.1 Å². The van der Waals surface area contributed by atoms with Crippen LogP contribution in [0.5, 0.6) is 0 Å². The first-order valence-electron chi connectivity index (χ1n) is 20.1. The Hall–Kier alpha value is -5.57. The molecule has 0 aliphatic carbocycles. The Morgan fingerprint density at radius 2 is 1.11 bits per heavy atom. The standard InChI is InChI=1S/C22H24ClN5O2.C20H22ClN5O.C2H3ClO/c1-13-7-8-17(24-15(3)29)16(10-13)22(30)27-9-5-4-6-19(27)18-11-20-25-21(23)14(2)12-28(20)26-18;1-12-6-7-15(22)14(9-12)20(27)25-8-4-3-5-17(25)16-10-18-23-19(21)13(2)11-26(18)24-16;1-2(3)4/h7-8,10-12,19H,4-6,9H2,1-3H3,(H,24,29);6-7,9-11,17H,3-5,8,22H2,1-2H3;1H3. The van der Waals surface area contributed by atoms with Crippen molar-refractivity contribution >= 4 is 80.4 Å². The van der Waals surface area contributed by atoms with Crippen molar-refractivity contribution in [2.45, 2.75) is 92.2 Å². The molecular formula is C44H49Cl3N10O4. The molecule has 2 fully saturated rings. The van der Waals surface area contributed by atoms with Gasteiger partial charge in [0.05, 0.1) is 40.3 Å². The zero-order valence-electron chi connectivity index (χ0n) is 35.0. The molecule has 8 rings (SSSR count). The number of halogens is 3. The normalized spacial score (nSPS) is 16.3. The molecule has 2 aromatic carbocycles. The molecule has 2 unspecified atom stereocenters. The highest BCUT2D eigenvalue weighted by Gasteiger charge is 2.33. The van der Waals surface area contributed by atoms with Gasteiger partial charge in [-0.25, -0.2) is 19.0 Å². The highest BCUT2D eigenvalue weighted by Crippen LogP contribution is 2.35. The average Bonchev–Trinajstić information content (AvgIpc) is 3.82. The van der Waals surface area contributed by atoms with E-state index in [1.54, 1.807) is 21.2 Å². The van der Waals surface area contributed by atoms with Crippen LogP contribution >= 0.6 is 34.8 Å². The molecule has 61 heavy (non-hydrogen) atoms. The number of anilines is 2. The van der Waals surface area contributed by atoms with Crippen molar-refractivity contribution in [1.29, 1.82) is 0 Å². The van der Waals surface area contributed by atoms with Crippen LogP contribution in [0.25, 0.3) is 11.3 Å². The number of piperidine rings is 2. The van der Waals surface area contributed by atoms with Gasteiger partial charge in [0.15, 0.2) is 11.3 Å². The summed E-state index contributed by atoms with van der Waals surface area (Å²) in [6.45, 7) is 11.7. The Morgan fingerprint density at radius 3 is 1.59 bits per heavy atom. The predicted octanol–water partition coefficient (Wildman–Crippen LogP) is 9.05. The number of amides is 3. The zero-order chi connectivity index (χ0) is 44.1. The van der Waals surface area contributed by atoms with Crippen molar-refractivity contribution in [2.24, 2.45) is 0 Å². The van der Waals surface area contributed by atoms with Crippen molar-refractivity contribution < 1.29 is 19.2 Å². The van der Waals surface area contributed by atoms with Gasteiger partial charge in [0.1, 0.15) is 10.3 Å². The number of fused-ring (bicyclic) bond motifs is 2. The summed E-state index contributed by atoms with van der Waals surface area (Å²) < 4.78 is 3.44. The van der Waals surface area contributed by atoms with Crippen LogP contribution in [0.4, 0.5) is 11.4 Å². The van der Waals surface area contributed by atoms with E-state index < -0.39 is 0 Å². The van der Waals surface area contributed by atoms with Crippen molar-refractivity contribution in [3.05, 3.63) is 116 Å². The lowest BCUT2D eigenvalue weighted by Crippen LogP contribution is -2.39. The summed E-state index contributed by atoms with van der Waals surface area (Å²) in [4.78, 5) is 60.2. The van der Waals surface area contributed by atoms with Gasteiger partial charge in [-0.05, 0) is 102 Å². The molecule has 0 bridgehead atoms. The molecule has 2 aliphatic rings. The van der Waals surface area contributed by atoms with Crippen LogP contribution in [-0.2, 0) is 9.59 Å². The van der Waals surface area contributed by atoms with E-state index in [1.807, 2.05) is 86.3 Å². The fraction of sp³-hybridized carbons (Fsp3) is 0.364. The Morgan fingerprint density at radius 1 is 0.672 bits per heavy atom. The number of hydrogen-bond acceptors (Lipinski definition) is 9. The van der Waals surface area contributed by atoms with E-state index in [1.165, 1.54) is 13.8 Å². The highest BCUT2D eigenvalue weighted by atomic mass is 35.5. The summed E-state index contributed by atoms with van der Waals surface area (Å²) in [6, 6.07) is 14.6. The van der Waals surface area contributed by atoms with Crippen molar-refractivity contribution in [1.82, 2.24) is 39.0 Å². The molecule has 14 nitrogen and oxygen atoms in total. The summed E-state index contributed by atoms with van der Waals surface area (Å²) in [5, 5.41) is 12.7. The van der Waals surface area contributed by atoms with Gasteiger partial charge >= 0.3 is 0 Å². The molecule has 320 valence electrons. The fourth-order valence-electron chi connectivity index (χ4n) is 7.60. The first kappa shape index (κ1) is 45.0. The minimum Gasteiger partial charge on any atom is -0.398 e. The average molecular weight is 888 g/mol. The van der Waals surface area contributed by atoms with E-state index in [4.69, 9.17) is 28.9 Å². The Bertz CT molecular complexity index is 2540. The lowest BCUT2D eigenvalue weighted by atomic mass is 9.97. The molecule has 3 N–H and O–H groups in total. The van der Waals surface area contributed by atoms with Crippen LogP contribution in [0, 0.1) is 27.7 Å². The first-order chi connectivity index (χ1) is 29.0. The molecule has 0 spiro atoms. The summed E-state index contributed by atoms with van der Waals surface area (Å²) in [5.74, 6) is -0.353. The number of nitrogens with one attached hydrogen (secondary N) is 1. The number of nitrogen functional groups attached to an aromatic ring is 1. The number of nitrogens with two attached hydrogens (primary N) is 1. The SMILES string of the molecule is CC(=O)Cl.CC(=O)Nc1ccc(C)cc1C(=O)N1CCCCC1c1cc2nc(Cl)c(C)cn2n1.Cc1ccc(N)c(C(=O)N2CCCCC2c2cc3nc(Cl)c(C)cn3n2)c1. The number of rotatable bonds is 5. The molecule has 2 saturated heterocycles. The van der Waals surface area contributed by atoms with Crippen LogP contribution in [0.15, 0.2) is 60.9 Å². The quantitative estimate of drug-likeness (QED) is 0.0973. The largest absolute Gasteiger partial charge is 0.398 e. The Kier molecular flexibility index (Phi) is 14.3. The van der Waals surface area contributed by atoms with E-state index in [2.05, 4.69) is 37.1 Å². The van der Waals surface area contributed by atoms with Gasteiger partial charge < -0.3 is 20.9 Å². The van der Waals surface area contributed by atoms with E-state index in [0.717, 1.165) is 72.2 Å². The van der Waals surface area contributed by atoms with Crippen molar-refractivity contribution in [3.8, 4) is 0 Å². The van der Waals surface area contributed by atoms with Crippen molar-refractivity contribution in [3.63, 3.8) is 0 Å². The van der Waals surface area contributed by atoms with Gasteiger partial charge in [-0.15, -0.1) is 0 Å². The Labute approximate surface area is 369 Å². The number of aryl methyl sites for hydroxylation is 4. The lowest BCUT2D eigenvalue weighted by molar-refractivity contribution is -0.114. The zero-order valence-corrected chi connectivity index (χ0v) is 37.3. The second kappa shape index (κ2) is 19.4. The molecule has 2 aliphatic heterocycles. The third-order valence-electron chi connectivity index (χ3n) is 10.5. The number of hydrogen-bond donors (Lipinski definition) is 2. The van der Waals surface area contributed by atoms with Crippen LogP contribution in [0.3, 0.4) is 0 Å². The number of carbonyl (C=O) groups excluding carboxylic acids is 4. The molecule has 6 aromatic rings.